The SMILES string of the molecule is O=Cc1cccc(NC(=O)c2ccc(C(F)(F)F)cc2[N+](=O)[O-])c1. The van der Waals surface area contributed by atoms with Gasteiger partial charge in [0, 0.05) is 17.3 Å². The van der Waals surface area contributed by atoms with Crippen molar-refractivity contribution in [2.75, 3.05) is 5.32 Å². The lowest BCUT2D eigenvalue weighted by atomic mass is 10.1. The van der Waals surface area contributed by atoms with Crippen LogP contribution in [0, 0.1) is 10.1 Å². The molecule has 2 aromatic carbocycles. The first-order valence-electron chi connectivity index (χ1n) is 6.44. The minimum absolute atomic E-state index is 0.179. The smallest absolute Gasteiger partial charge is 0.322 e. The number of nitro benzene ring substituents is 1. The van der Waals surface area contributed by atoms with Crippen molar-refractivity contribution in [3.63, 3.8) is 0 Å². The summed E-state index contributed by atoms with van der Waals surface area (Å²) in [6.45, 7) is 0. The number of carbonyl (C=O) groups is 2. The van der Waals surface area contributed by atoms with E-state index in [4.69, 9.17) is 0 Å². The van der Waals surface area contributed by atoms with Gasteiger partial charge >= 0.3 is 6.18 Å². The molecule has 0 aliphatic rings. The minimum atomic E-state index is -4.77. The van der Waals surface area contributed by atoms with Gasteiger partial charge in [-0.3, -0.25) is 19.7 Å². The quantitative estimate of drug-likeness (QED) is 0.523. The molecule has 24 heavy (non-hydrogen) atoms. The molecule has 0 fully saturated rings. The number of hydrogen-bond acceptors (Lipinski definition) is 4. The minimum Gasteiger partial charge on any atom is -0.322 e. The van der Waals surface area contributed by atoms with E-state index in [-0.39, 0.29) is 11.3 Å². The highest BCUT2D eigenvalue weighted by molar-refractivity contribution is 6.07. The number of aldehydes is 1. The molecular formula is C15H9F3N2O4. The van der Waals surface area contributed by atoms with Gasteiger partial charge in [0.2, 0.25) is 0 Å². The van der Waals surface area contributed by atoms with E-state index in [1.165, 1.54) is 24.3 Å². The molecule has 0 heterocycles. The van der Waals surface area contributed by atoms with E-state index in [2.05, 4.69) is 5.32 Å². The second kappa shape index (κ2) is 6.49. The molecule has 0 saturated heterocycles. The Morgan fingerprint density at radius 2 is 1.88 bits per heavy atom. The Balaban J connectivity index is 2.38. The molecule has 2 rings (SSSR count). The maximum Gasteiger partial charge on any atom is 0.416 e. The molecule has 124 valence electrons. The summed E-state index contributed by atoms with van der Waals surface area (Å²) in [7, 11) is 0. The molecule has 0 aromatic heterocycles. The van der Waals surface area contributed by atoms with Gasteiger partial charge in [0.25, 0.3) is 11.6 Å². The van der Waals surface area contributed by atoms with Crippen molar-refractivity contribution in [3.05, 3.63) is 69.3 Å². The third-order valence-electron chi connectivity index (χ3n) is 3.05. The van der Waals surface area contributed by atoms with Gasteiger partial charge in [-0.15, -0.1) is 0 Å². The summed E-state index contributed by atoms with van der Waals surface area (Å²) < 4.78 is 37.9. The number of nitrogens with zero attached hydrogens (tertiary/aromatic N) is 1. The molecule has 0 aliphatic heterocycles. The number of alkyl halides is 3. The second-order valence-electron chi connectivity index (χ2n) is 4.68. The average Bonchev–Trinajstić information content (AvgIpc) is 2.53. The molecule has 6 nitrogen and oxygen atoms in total. The van der Waals surface area contributed by atoms with Crippen LogP contribution in [0.1, 0.15) is 26.3 Å². The summed E-state index contributed by atoms with van der Waals surface area (Å²) in [6, 6.07) is 7.33. The van der Waals surface area contributed by atoms with Crippen LogP contribution < -0.4 is 5.32 Å². The maximum atomic E-state index is 12.6. The van der Waals surface area contributed by atoms with Gasteiger partial charge in [0.15, 0.2) is 0 Å². The molecule has 1 amide bonds. The van der Waals surface area contributed by atoms with Crippen molar-refractivity contribution < 1.29 is 27.7 Å². The van der Waals surface area contributed by atoms with Crippen molar-refractivity contribution in [2.45, 2.75) is 6.18 Å². The van der Waals surface area contributed by atoms with Crippen LogP contribution in [0.3, 0.4) is 0 Å². The van der Waals surface area contributed by atoms with Crippen LogP contribution >= 0.6 is 0 Å². The highest BCUT2D eigenvalue weighted by Crippen LogP contribution is 2.33. The molecule has 0 radical (unpaired) electrons. The summed E-state index contributed by atoms with van der Waals surface area (Å²) in [5, 5.41) is 13.3. The predicted molar refractivity (Wildman–Crippen MR) is 77.9 cm³/mol. The third-order valence-corrected chi connectivity index (χ3v) is 3.05. The molecule has 0 spiro atoms. The molecule has 0 bridgehead atoms. The number of benzene rings is 2. The first-order valence-corrected chi connectivity index (χ1v) is 6.44. The lowest BCUT2D eigenvalue weighted by Gasteiger charge is -2.09. The third kappa shape index (κ3) is 3.75. The van der Waals surface area contributed by atoms with E-state index in [1.807, 2.05) is 0 Å². The standard InChI is InChI=1S/C15H9F3N2O4/c16-15(17,18)10-4-5-12(13(7-10)20(23)24)14(22)19-11-3-1-2-9(6-11)8-21/h1-8H,(H,19,22). The summed E-state index contributed by atoms with van der Waals surface area (Å²) in [4.78, 5) is 32.7. The summed E-state index contributed by atoms with van der Waals surface area (Å²) in [5.74, 6) is -0.960. The molecule has 0 unspecified atom stereocenters. The number of rotatable bonds is 4. The molecule has 1 N–H and O–H groups in total. The number of nitrogens with one attached hydrogen (secondary N) is 1. The fraction of sp³-hybridized carbons (Fsp3) is 0.0667. The largest absolute Gasteiger partial charge is 0.416 e. The van der Waals surface area contributed by atoms with E-state index in [1.54, 1.807) is 0 Å². The Morgan fingerprint density at radius 1 is 1.17 bits per heavy atom. The first-order chi connectivity index (χ1) is 11.2. The summed E-state index contributed by atoms with van der Waals surface area (Å²) in [6.07, 6.45) is -4.23. The lowest BCUT2D eigenvalue weighted by molar-refractivity contribution is -0.385. The molecule has 2 aromatic rings. The van der Waals surface area contributed by atoms with Gasteiger partial charge < -0.3 is 5.32 Å². The number of anilines is 1. The highest BCUT2D eigenvalue weighted by Gasteiger charge is 2.34. The van der Waals surface area contributed by atoms with Crippen molar-refractivity contribution in [1.29, 1.82) is 0 Å². The van der Waals surface area contributed by atoms with Crippen molar-refractivity contribution in [1.82, 2.24) is 0 Å². The monoisotopic (exact) mass is 338 g/mol. The lowest BCUT2D eigenvalue weighted by Crippen LogP contribution is -2.15. The maximum absolute atomic E-state index is 12.6. The summed E-state index contributed by atoms with van der Waals surface area (Å²) >= 11 is 0. The zero-order valence-electron chi connectivity index (χ0n) is 11.8. The Hall–Kier alpha value is -3.23. The van der Waals surface area contributed by atoms with Gasteiger partial charge in [0.1, 0.15) is 11.8 Å². The van der Waals surface area contributed by atoms with Crippen LogP contribution in [0.2, 0.25) is 0 Å². The van der Waals surface area contributed by atoms with Crippen LogP contribution in [0.25, 0.3) is 0 Å². The normalized spacial score (nSPS) is 11.0. The zero-order valence-corrected chi connectivity index (χ0v) is 11.8. The second-order valence-corrected chi connectivity index (χ2v) is 4.68. The van der Waals surface area contributed by atoms with Gasteiger partial charge in [-0.1, -0.05) is 12.1 Å². The molecule has 9 heteroatoms. The fourth-order valence-corrected chi connectivity index (χ4v) is 1.94. The van der Waals surface area contributed by atoms with E-state index in [0.29, 0.717) is 18.4 Å². The number of amides is 1. The molecular weight excluding hydrogens is 329 g/mol. The van der Waals surface area contributed by atoms with E-state index in [0.717, 1.165) is 6.07 Å². The van der Waals surface area contributed by atoms with Gasteiger partial charge in [0.05, 0.1) is 10.5 Å². The Kier molecular flexibility index (Phi) is 4.63. The van der Waals surface area contributed by atoms with Crippen LogP contribution in [-0.2, 0) is 6.18 Å². The fourth-order valence-electron chi connectivity index (χ4n) is 1.94. The Morgan fingerprint density at radius 3 is 2.46 bits per heavy atom. The van der Waals surface area contributed by atoms with Crippen molar-refractivity contribution >= 4 is 23.6 Å². The number of nitro groups is 1. The average molecular weight is 338 g/mol. The number of hydrogen-bond donors (Lipinski definition) is 1. The van der Waals surface area contributed by atoms with Gasteiger partial charge in [-0.2, -0.15) is 13.2 Å². The topological polar surface area (TPSA) is 89.3 Å². The Bertz CT molecular complexity index is 819. The summed E-state index contributed by atoms with van der Waals surface area (Å²) in [5.41, 5.74) is -2.28. The van der Waals surface area contributed by atoms with Gasteiger partial charge in [-0.25, -0.2) is 0 Å². The van der Waals surface area contributed by atoms with Crippen LogP contribution in [-0.4, -0.2) is 17.1 Å². The number of halogens is 3. The van der Waals surface area contributed by atoms with E-state index >= 15 is 0 Å². The first kappa shape index (κ1) is 17.1. The van der Waals surface area contributed by atoms with Crippen molar-refractivity contribution in [3.8, 4) is 0 Å². The molecule has 0 atom stereocenters. The van der Waals surface area contributed by atoms with Crippen LogP contribution in [0.5, 0.6) is 0 Å². The Labute approximate surface area is 133 Å². The highest BCUT2D eigenvalue weighted by atomic mass is 19.4. The van der Waals surface area contributed by atoms with Crippen LogP contribution in [0.4, 0.5) is 24.5 Å². The van der Waals surface area contributed by atoms with Gasteiger partial charge in [-0.05, 0) is 24.3 Å². The van der Waals surface area contributed by atoms with Crippen LogP contribution in [0.15, 0.2) is 42.5 Å². The number of carbonyl (C=O) groups excluding carboxylic acids is 2. The zero-order chi connectivity index (χ0) is 17.9. The predicted octanol–water partition coefficient (Wildman–Crippen LogP) is 3.68. The molecule has 0 aliphatic carbocycles. The molecule has 0 saturated carbocycles. The van der Waals surface area contributed by atoms with E-state index in [9.17, 15) is 32.9 Å². The van der Waals surface area contributed by atoms with Crippen molar-refractivity contribution in [2.24, 2.45) is 0 Å². The van der Waals surface area contributed by atoms with E-state index < -0.39 is 33.8 Å².